The van der Waals surface area contributed by atoms with E-state index in [-0.39, 0.29) is 29.9 Å². The van der Waals surface area contributed by atoms with E-state index in [2.05, 4.69) is 10.3 Å². The van der Waals surface area contributed by atoms with Crippen molar-refractivity contribution in [3.05, 3.63) is 24.5 Å². The van der Waals surface area contributed by atoms with Crippen molar-refractivity contribution in [2.45, 2.75) is 50.9 Å². The summed E-state index contributed by atoms with van der Waals surface area (Å²) in [6, 6.07) is 3.29. The number of aliphatic hydroxyl groups excluding tert-OH is 1. The molecule has 2 heterocycles. The summed E-state index contributed by atoms with van der Waals surface area (Å²) in [6.07, 6.45) is 4.91. The monoisotopic (exact) mass is 347 g/mol. The molecule has 136 valence electrons. The molecule has 2 fully saturated rings. The summed E-state index contributed by atoms with van der Waals surface area (Å²) in [5, 5.41) is 13.4. The van der Waals surface area contributed by atoms with Crippen LogP contribution in [0.1, 0.15) is 32.6 Å². The van der Waals surface area contributed by atoms with Crippen molar-refractivity contribution in [1.82, 2.24) is 15.2 Å². The highest BCUT2D eigenvalue weighted by molar-refractivity contribution is 5.80. The van der Waals surface area contributed by atoms with E-state index in [0.717, 1.165) is 0 Å². The zero-order valence-electron chi connectivity index (χ0n) is 14.4. The second kappa shape index (κ2) is 7.82. The van der Waals surface area contributed by atoms with Crippen LogP contribution in [0.3, 0.4) is 0 Å². The van der Waals surface area contributed by atoms with Crippen LogP contribution in [0.4, 0.5) is 0 Å². The number of hydrogen-bond acceptors (Lipinski definition) is 5. The van der Waals surface area contributed by atoms with Gasteiger partial charge in [0, 0.05) is 32.1 Å². The first-order valence-electron chi connectivity index (χ1n) is 8.85. The van der Waals surface area contributed by atoms with Gasteiger partial charge in [0.1, 0.15) is 18.0 Å². The average molecular weight is 347 g/mol. The number of rotatable bonds is 4. The second-order valence-corrected chi connectivity index (χ2v) is 6.81. The highest BCUT2D eigenvalue weighted by Gasteiger charge is 2.38. The third-order valence-corrected chi connectivity index (χ3v) is 5.12. The normalized spacial score (nSPS) is 27.1. The van der Waals surface area contributed by atoms with E-state index in [9.17, 15) is 14.7 Å². The van der Waals surface area contributed by atoms with Crippen molar-refractivity contribution in [2.75, 3.05) is 13.1 Å². The van der Waals surface area contributed by atoms with Crippen LogP contribution >= 0.6 is 0 Å². The number of ether oxygens (including phenoxy) is 1. The fourth-order valence-electron chi connectivity index (χ4n) is 3.58. The summed E-state index contributed by atoms with van der Waals surface area (Å²) < 4.78 is 5.78. The van der Waals surface area contributed by atoms with Gasteiger partial charge in [-0.25, -0.2) is 0 Å². The van der Waals surface area contributed by atoms with E-state index in [1.165, 1.54) is 0 Å². The number of carbonyl (C=O) groups is 2. The van der Waals surface area contributed by atoms with Gasteiger partial charge in [0.25, 0.3) is 0 Å². The molecule has 0 spiro atoms. The van der Waals surface area contributed by atoms with Gasteiger partial charge in [0.05, 0.1) is 12.2 Å². The van der Waals surface area contributed by atoms with Crippen molar-refractivity contribution in [3.63, 3.8) is 0 Å². The van der Waals surface area contributed by atoms with Crippen LogP contribution in [0.15, 0.2) is 24.5 Å². The number of nitrogens with one attached hydrogen (secondary N) is 1. The molecule has 2 amide bonds. The van der Waals surface area contributed by atoms with Crippen LogP contribution in [-0.4, -0.2) is 58.1 Å². The summed E-state index contributed by atoms with van der Waals surface area (Å²) in [7, 11) is 0. The molecule has 7 nitrogen and oxygen atoms in total. The van der Waals surface area contributed by atoms with E-state index in [1.54, 1.807) is 36.4 Å². The molecule has 0 bridgehead atoms. The number of amides is 2. The third-order valence-electron chi connectivity index (χ3n) is 5.12. The molecule has 0 radical (unpaired) electrons. The third kappa shape index (κ3) is 4.28. The summed E-state index contributed by atoms with van der Waals surface area (Å²) in [5.41, 5.74) is 0. The number of piperidine rings is 1. The molecule has 25 heavy (non-hydrogen) atoms. The molecule has 0 aromatic carbocycles. The van der Waals surface area contributed by atoms with Crippen LogP contribution < -0.4 is 10.1 Å². The Morgan fingerprint density at radius 1 is 1.28 bits per heavy atom. The quantitative estimate of drug-likeness (QED) is 0.838. The number of hydrogen-bond donors (Lipinski definition) is 2. The standard InChI is InChI=1S/C18H25N3O4/c1-12(22)21-9-6-13(7-10-21)18(24)20-15-4-5-16(17(15)23)25-14-3-2-8-19-11-14/h2-3,8,11,13,15-17,23H,4-7,9-10H2,1H3,(H,20,24)/t15-,16-,17-/m1/s1. The molecule has 2 N–H and O–H groups in total. The molecule has 1 aromatic rings. The van der Waals surface area contributed by atoms with Gasteiger partial charge in [-0.2, -0.15) is 0 Å². The van der Waals surface area contributed by atoms with E-state index in [4.69, 9.17) is 4.74 Å². The molecular formula is C18H25N3O4. The first kappa shape index (κ1) is 17.7. The smallest absolute Gasteiger partial charge is 0.223 e. The molecule has 1 saturated carbocycles. The molecule has 1 saturated heterocycles. The Morgan fingerprint density at radius 3 is 2.68 bits per heavy atom. The Hall–Kier alpha value is -2.15. The number of likely N-dealkylation sites (tertiary alicyclic amines) is 1. The minimum absolute atomic E-state index is 0.0331. The van der Waals surface area contributed by atoms with Crippen molar-refractivity contribution in [1.29, 1.82) is 0 Å². The number of aliphatic hydroxyl groups is 1. The van der Waals surface area contributed by atoms with E-state index in [1.807, 2.05) is 0 Å². The lowest BCUT2D eigenvalue weighted by Gasteiger charge is -2.31. The van der Waals surface area contributed by atoms with Crippen molar-refractivity contribution < 1.29 is 19.4 Å². The summed E-state index contributed by atoms with van der Waals surface area (Å²) in [5.74, 6) is 0.547. The van der Waals surface area contributed by atoms with Gasteiger partial charge >= 0.3 is 0 Å². The van der Waals surface area contributed by atoms with Crippen LogP contribution in [0, 0.1) is 5.92 Å². The largest absolute Gasteiger partial charge is 0.486 e. The predicted octanol–water partition coefficient (Wildman–Crippen LogP) is 0.727. The van der Waals surface area contributed by atoms with Gasteiger partial charge < -0.3 is 20.1 Å². The maximum absolute atomic E-state index is 12.5. The SMILES string of the molecule is CC(=O)N1CCC(C(=O)N[C@@H]2CC[C@@H](Oc3cccnc3)[C@@H]2O)CC1. The second-order valence-electron chi connectivity index (χ2n) is 6.81. The minimum atomic E-state index is -0.735. The average Bonchev–Trinajstić information content (AvgIpc) is 2.96. The first-order chi connectivity index (χ1) is 12.0. The fourth-order valence-corrected chi connectivity index (χ4v) is 3.58. The number of carbonyl (C=O) groups excluding carboxylic acids is 2. The van der Waals surface area contributed by atoms with Crippen molar-refractivity contribution in [3.8, 4) is 5.75 Å². The van der Waals surface area contributed by atoms with Gasteiger partial charge in [-0.05, 0) is 37.8 Å². The molecule has 0 unspecified atom stereocenters. The maximum atomic E-state index is 12.5. The zero-order valence-corrected chi connectivity index (χ0v) is 14.4. The minimum Gasteiger partial charge on any atom is -0.486 e. The predicted molar refractivity (Wildman–Crippen MR) is 90.8 cm³/mol. The van der Waals surface area contributed by atoms with Crippen LogP contribution in [0.2, 0.25) is 0 Å². The molecule has 1 aliphatic heterocycles. The molecule has 3 atom stereocenters. The van der Waals surface area contributed by atoms with E-state index in [0.29, 0.717) is 44.5 Å². The number of pyridine rings is 1. The Balaban J connectivity index is 1.48. The van der Waals surface area contributed by atoms with Gasteiger partial charge in [-0.3, -0.25) is 14.6 Å². The van der Waals surface area contributed by atoms with Gasteiger partial charge in [-0.1, -0.05) is 0 Å². The summed E-state index contributed by atoms with van der Waals surface area (Å²) in [6.45, 7) is 2.79. The summed E-state index contributed by atoms with van der Waals surface area (Å²) >= 11 is 0. The fraction of sp³-hybridized carbons (Fsp3) is 0.611. The maximum Gasteiger partial charge on any atom is 0.223 e. The molecule has 7 heteroatoms. The topological polar surface area (TPSA) is 91.8 Å². The highest BCUT2D eigenvalue weighted by atomic mass is 16.5. The number of nitrogens with zero attached hydrogens (tertiary/aromatic N) is 2. The number of aromatic nitrogens is 1. The molecule has 1 aliphatic carbocycles. The Bertz CT molecular complexity index is 602. The zero-order chi connectivity index (χ0) is 17.8. The molecule has 2 aliphatic rings. The van der Waals surface area contributed by atoms with Gasteiger partial charge in [0.2, 0.25) is 11.8 Å². The van der Waals surface area contributed by atoms with E-state index < -0.39 is 6.10 Å². The lowest BCUT2D eigenvalue weighted by Crippen LogP contribution is -2.48. The van der Waals surface area contributed by atoms with Crippen LogP contribution in [0.25, 0.3) is 0 Å². The highest BCUT2D eigenvalue weighted by Crippen LogP contribution is 2.26. The molecule has 3 rings (SSSR count). The van der Waals surface area contributed by atoms with Crippen molar-refractivity contribution >= 4 is 11.8 Å². The first-order valence-corrected chi connectivity index (χ1v) is 8.85. The molecular weight excluding hydrogens is 322 g/mol. The lowest BCUT2D eigenvalue weighted by molar-refractivity contribution is -0.134. The summed E-state index contributed by atoms with van der Waals surface area (Å²) in [4.78, 5) is 29.6. The Morgan fingerprint density at radius 2 is 2.04 bits per heavy atom. The van der Waals surface area contributed by atoms with E-state index >= 15 is 0 Å². The van der Waals surface area contributed by atoms with Crippen molar-refractivity contribution in [2.24, 2.45) is 5.92 Å². The lowest BCUT2D eigenvalue weighted by atomic mass is 9.95. The van der Waals surface area contributed by atoms with Crippen LogP contribution in [0.5, 0.6) is 5.75 Å². The van der Waals surface area contributed by atoms with Gasteiger partial charge in [-0.15, -0.1) is 0 Å². The molecule has 1 aromatic heterocycles. The Kier molecular flexibility index (Phi) is 5.53. The Labute approximate surface area is 147 Å². The van der Waals surface area contributed by atoms with Crippen LogP contribution in [-0.2, 0) is 9.59 Å². The van der Waals surface area contributed by atoms with Gasteiger partial charge in [0.15, 0.2) is 0 Å².